The lowest BCUT2D eigenvalue weighted by Crippen LogP contribution is -2.15. The summed E-state index contributed by atoms with van der Waals surface area (Å²) >= 11 is 0. The van der Waals surface area contributed by atoms with Gasteiger partial charge in [0.1, 0.15) is 5.82 Å². The number of ketones is 1. The van der Waals surface area contributed by atoms with Gasteiger partial charge in [0.2, 0.25) is 0 Å². The molecule has 0 radical (unpaired) electrons. The van der Waals surface area contributed by atoms with E-state index < -0.39 is 5.82 Å². The largest absolute Gasteiger partial charge is 0.396 e. The van der Waals surface area contributed by atoms with Gasteiger partial charge in [-0.25, -0.2) is 4.39 Å². The third-order valence-corrected chi connectivity index (χ3v) is 3.36. The Labute approximate surface area is 117 Å². The second kappa shape index (κ2) is 5.74. The normalized spacial score (nSPS) is 10.3. The molecule has 0 bridgehead atoms. The number of nitrogens with two attached hydrogens (primary N) is 1. The molecule has 0 unspecified atom stereocenters. The highest BCUT2D eigenvalue weighted by Gasteiger charge is 2.09. The van der Waals surface area contributed by atoms with Gasteiger partial charge in [-0.1, -0.05) is 12.1 Å². The molecule has 0 fully saturated rings. The van der Waals surface area contributed by atoms with Crippen molar-refractivity contribution in [3.63, 3.8) is 0 Å². The van der Waals surface area contributed by atoms with Crippen molar-refractivity contribution in [2.24, 2.45) is 0 Å². The Bertz CT molecular complexity index is 653. The van der Waals surface area contributed by atoms with Crippen LogP contribution < -0.4 is 11.1 Å². The van der Waals surface area contributed by atoms with Crippen LogP contribution in [0, 0.1) is 19.7 Å². The fraction of sp³-hybridized carbons (Fsp3) is 0.188. The van der Waals surface area contributed by atoms with Gasteiger partial charge < -0.3 is 11.1 Å². The Balaban J connectivity index is 2.08. The van der Waals surface area contributed by atoms with Crippen LogP contribution in [-0.4, -0.2) is 12.3 Å². The Morgan fingerprint density at radius 1 is 1.25 bits per heavy atom. The average molecular weight is 272 g/mol. The summed E-state index contributed by atoms with van der Waals surface area (Å²) in [4.78, 5) is 12.0. The van der Waals surface area contributed by atoms with Crippen LogP contribution in [0.3, 0.4) is 0 Å². The Morgan fingerprint density at radius 2 is 2.00 bits per heavy atom. The maximum atomic E-state index is 13.1. The second-order valence-corrected chi connectivity index (χ2v) is 4.76. The standard InChI is InChI=1S/C16H17FN2O/c1-10-4-3-5-15(11(10)2)19-9-16(20)12-6-7-13(17)14(18)8-12/h3-8,19H,9,18H2,1-2H3. The van der Waals surface area contributed by atoms with E-state index in [-0.39, 0.29) is 18.0 Å². The summed E-state index contributed by atoms with van der Waals surface area (Å²) in [6, 6.07) is 9.89. The van der Waals surface area contributed by atoms with E-state index in [1.807, 2.05) is 32.0 Å². The van der Waals surface area contributed by atoms with Gasteiger partial charge in [-0.05, 0) is 49.2 Å². The summed E-state index contributed by atoms with van der Waals surface area (Å²) in [6.07, 6.45) is 0. The number of hydrogen-bond acceptors (Lipinski definition) is 3. The SMILES string of the molecule is Cc1cccc(NCC(=O)c2ccc(F)c(N)c2)c1C. The highest BCUT2D eigenvalue weighted by Crippen LogP contribution is 2.18. The molecule has 0 saturated heterocycles. The number of Topliss-reactive ketones (excluding diaryl/α,β-unsaturated/α-hetero) is 1. The first-order valence-corrected chi connectivity index (χ1v) is 6.37. The maximum Gasteiger partial charge on any atom is 0.181 e. The molecule has 3 nitrogen and oxygen atoms in total. The number of aryl methyl sites for hydroxylation is 1. The molecule has 0 aliphatic rings. The summed E-state index contributed by atoms with van der Waals surface area (Å²) in [6.45, 7) is 4.16. The minimum Gasteiger partial charge on any atom is -0.396 e. The van der Waals surface area contributed by atoms with Crippen molar-refractivity contribution < 1.29 is 9.18 Å². The van der Waals surface area contributed by atoms with Gasteiger partial charge in [0, 0.05) is 11.3 Å². The van der Waals surface area contributed by atoms with Gasteiger partial charge in [-0.2, -0.15) is 0 Å². The fourth-order valence-corrected chi connectivity index (χ4v) is 1.94. The highest BCUT2D eigenvalue weighted by atomic mass is 19.1. The van der Waals surface area contributed by atoms with E-state index in [1.165, 1.54) is 18.2 Å². The van der Waals surface area contributed by atoms with Crippen LogP contribution in [0.1, 0.15) is 21.5 Å². The molecule has 20 heavy (non-hydrogen) atoms. The second-order valence-electron chi connectivity index (χ2n) is 4.76. The molecule has 0 aliphatic carbocycles. The topological polar surface area (TPSA) is 55.1 Å². The van der Waals surface area contributed by atoms with Gasteiger partial charge in [0.15, 0.2) is 5.78 Å². The number of nitrogens with one attached hydrogen (secondary N) is 1. The van der Waals surface area contributed by atoms with E-state index in [4.69, 9.17) is 5.73 Å². The summed E-state index contributed by atoms with van der Waals surface area (Å²) in [5.41, 5.74) is 9.05. The summed E-state index contributed by atoms with van der Waals surface area (Å²) < 4.78 is 13.1. The Hall–Kier alpha value is -2.36. The van der Waals surface area contributed by atoms with Gasteiger partial charge in [-0.3, -0.25) is 4.79 Å². The molecule has 2 aromatic rings. The van der Waals surface area contributed by atoms with Crippen LogP contribution in [-0.2, 0) is 0 Å². The zero-order valence-electron chi connectivity index (χ0n) is 11.5. The molecule has 2 aromatic carbocycles. The van der Waals surface area contributed by atoms with Crippen LogP contribution in [0.25, 0.3) is 0 Å². The first kappa shape index (κ1) is 14.1. The van der Waals surface area contributed by atoms with Crippen molar-refractivity contribution in [3.8, 4) is 0 Å². The van der Waals surface area contributed by atoms with E-state index in [2.05, 4.69) is 5.32 Å². The van der Waals surface area contributed by atoms with Crippen LogP contribution in [0.5, 0.6) is 0 Å². The van der Waals surface area contributed by atoms with E-state index in [1.54, 1.807) is 0 Å². The summed E-state index contributed by atoms with van der Waals surface area (Å²) in [5.74, 6) is -0.637. The third kappa shape index (κ3) is 2.96. The zero-order valence-corrected chi connectivity index (χ0v) is 11.5. The predicted molar refractivity (Wildman–Crippen MR) is 79.5 cm³/mol. The van der Waals surface area contributed by atoms with Crippen molar-refractivity contribution in [1.82, 2.24) is 0 Å². The van der Waals surface area contributed by atoms with Crippen molar-refractivity contribution in [1.29, 1.82) is 0 Å². The Morgan fingerprint density at radius 3 is 2.70 bits per heavy atom. The summed E-state index contributed by atoms with van der Waals surface area (Å²) in [5, 5.41) is 3.10. The Kier molecular flexibility index (Phi) is 4.03. The molecule has 104 valence electrons. The lowest BCUT2D eigenvalue weighted by Gasteiger charge is -2.11. The van der Waals surface area contributed by atoms with E-state index in [0.29, 0.717) is 5.56 Å². The predicted octanol–water partition coefficient (Wildman–Crippen LogP) is 3.32. The number of rotatable bonds is 4. The molecule has 0 atom stereocenters. The fourth-order valence-electron chi connectivity index (χ4n) is 1.94. The third-order valence-electron chi connectivity index (χ3n) is 3.36. The number of carbonyl (C=O) groups is 1. The van der Waals surface area contributed by atoms with Crippen LogP contribution in [0.2, 0.25) is 0 Å². The number of anilines is 2. The van der Waals surface area contributed by atoms with Crippen molar-refractivity contribution in [2.75, 3.05) is 17.6 Å². The van der Waals surface area contributed by atoms with Crippen molar-refractivity contribution in [3.05, 3.63) is 58.9 Å². The highest BCUT2D eigenvalue weighted by molar-refractivity contribution is 5.99. The molecule has 0 aromatic heterocycles. The monoisotopic (exact) mass is 272 g/mol. The van der Waals surface area contributed by atoms with E-state index >= 15 is 0 Å². The van der Waals surface area contributed by atoms with E-state index in [9.17, 15) is 9.18 Å². The van der Waals surface area contributed by atoms with Gasteiger partial charge in [0.05, 0.1) is 12.2 Å². The quantitative estimate of drug-likeness (QED) is 0.663. The molecule has 0 heterocycles. The number of hydrogen-bond donors (Lipinski definition) is 2. The number of carbonyl (C=O) groups excluding carboxylic acids is 1. The van der Waals surface area contributed by atoms with Crippen LogP contribution in [0.15, 0.2) is 36.4 Å². The number of halogens is 1. The van der Waals surface area contributed by atoms with Gasteiger partial charge in [0.25, 0.3) is 0 Å². The molecular formula is C16H17FN2O. The average Bonchev–Trinajstić information content (AvgIpc) is 2.43. The lowest BCUT2D eigenvalue weighted by molar-refractivity contribution is 0.101. The molecular weight excluding hydrogens is 255 g/mol. The van der Waals surface area contributed by atoms with E-state index in [0.717, 1.165) is 16.8 Å². The first-order valence-electron chi connectivity index (χ1n) is 6.37. The molecule has 0 amide bonds. The van der Waals surface area contributed by atoms with Crippen molar-refractivity contribution >= 4 is 17.2 Å². The summed E-state index contributed by atoms with van der Waals surface area (Å²) in [7, 11) is 0. The van der Waals surface area contributed by atoms with Gasteiger partial charge in [-0.15, -0.1) is 0 Å². The first-order chi connectivity index (χ1) is 9.49. The zero-order chi connectivity index (χ0) is 14.7. The molecule has 0 saturated carbocycles. The number of nitrogen functional groups attached to an aromatic ring is 1. The van der Waals surface area contributed by atoms with Crippen molar-refractivity contribution in [2.45, 2.75) is 13.8 Å². The van der Waals surface area contributed by atoms with Crippen LogP contribution in [0.4, 0.5) is 15.8 Å². The molecule has 4 heteroatoms. The number of benzene rings is 2. The molecule has 0 spiro atoms. The van der Waals surface area contributed by atoms with Gasteiger partial charge >= 0.3 is 0 Å². The minimum atomic E-state index is -0.510. The molecule has 2 rings (SSSR count). The molecule has 3 N–H and O–H groups in total. The maximum absolute atomic E-state index is 13.1. The van der Waals surface area contributed by atoms with Crippen LogP contribution >= 0.6 is 0 Å². The lowest BCUT2D eigenvalue weighted by atomic mass is 10.1. The minimum absolute atomic E-state index is 0.0115. The molecule has 0 aliphatic heterocycles. The smallest absolute Gasteiger partial charge is 0.181 e.